The zero-order valence-corrected chi connectivity index (χ0v) is 9.44. The summed E-state index contributed by atoms with van der Waals surface area (Å²) in [5.74, 6) is -0.398. The van der Waals surface area contributed by atoms with E-state index in [1.54, 1.807) is 6.07 Å². The van der Waals surface area contributed by atoms with Gasteiger partial charge in [0.15, 0.2) is 0 Å². The summed E-state index contributed by atoms with van der Waals surface area (Å²) in [5, 5.41) is 0. The second-order valence-corrected chi connectivity index (χ2v) is 4.19. The third-order valence-corrected chi connectivity index (χ3v) is 2.93. The van der Waals surface area contributed by atoms with Gasteiger partial charge in [0.2, 0.25) is 0 Å². The van der Waals surface area contributed by atoms with Crippen molar-refractivity contribution in [1.29, 1.82) is 0 Å². The number of carbonyl (C=O) groups excluding carboxylic acids is 1. The van der Waals surface area contributed by atoms with E-state index in [4.69, 9.17) is 9.78 Å². The maximum Gasteiger partial charge on any atom is 0.373 e. The minimum Gasteiger partial charge on any atom is -0.293 e. The van der Waals surface area contributed by atoms with Crippen LogP contribution in [0.2, 0.25) is 0 Å². The number of hydrogen-bond acceptors (Lipinski definition) is 3. The van der Waals surface area contributed by atoms with E-state index in [9.17, 15) is 4.79 Å². The second kappa shape index (κ2) is 5.12. The maximum absolute atomic E-state index is 11.7. The summed E-state index contributed by atoms with van der Waals surface area (Å²) in [6.45, 7) is 1.88. The van der Waals surface area contributed by atoms with Crippen LogP contribution >= 0.6 is 0 Å². The molecule has 1 aromatic carbocycles. The number of rotatable bonds is 3. The molecule has 1 aliphatic carbocycles. The van der Waals surface area contributed by atoms with Gasteiger partial charge in [0.05, 0.1) is 5.56 Å². The first-order valence-corrected chi connectivity index (χ1v) is 5.70. The molecule has 16 heavy (non-hydrogen) atoms. The summed E-state index contributed by atoms with van der Waals surface area (Å²) in [7, 11) is 0. The van der Waals surface area contributed by atoms with Gasteiger partial charge >= 0.3 is 5.97 Å². The molecule has 0 N–H and O–H groups in total. The molecule has 0 bridgehead atoms. The third-order valence-electron chi connectivity index (χ3n) is 2.93. The Morgan fingerprint density at radius 2 is 1.94 bits per heavy atom. The van der Waals surface area contributed by atoms with Crippen LogP contribution in [0, 0.1) is 6.92 Å². The van der Waals surface area contributed by atoms with Crippen molar-refractivity contribution in [3.8, 4) is 0 Å². The minimum atomic E-state index is -0.398. The normalized spacial score (nSPS) is 16.3. The Kier molecular flexibility index (Phi) is 3.57. The lowest BCUT2D eigenvalue weighted by molar-refractivity contribution is -0.272. The fraction of sp³-hybridized carbons (Fsp3) is 0.462. The van der Waals surface area contributed by atoms with Crippen molar-refractivity contribution in [3.63, 3.8) is 0 Å². The lowest BCUT2D eigenvalue weighted by Gasteiger charge is -2.09. The van der Waals surface area contributed by atoms with E-state index in [1.165, 1.54) is 0 Å². The van der Waals surface area contributed by atoms with E-state index in [0.717, 1.165) is 31.2 Å². The van der Waals surface area contributed by atoms with Crippen molar-refractivity contribution in [3.05, 3.63) is 35.4 Å². The SMILES string of the molecule is Cc1ccccc1C(=O)OOC1CCCC1. The van der Waals surface area contributed by atoms with Crippen LogP contribution in [0.4, 0.5) is 0 Å². The van der Waals surface area contributed by atoms with Crippen LogP contribution < -0.4 is 0 Å². The fourth-order valence-electron chi connectivity index (χ4n) is 1.94. The summed E-state index contributed by atoms with van der Waals surface area (Å²) in [6, 6.07) is 7.34. The van der Waals surface area contributed by atoms with Gasteiger partial charge in [0, 0.05) is 0 Å². The van der Waals surface area contributed by atoms with Gasteiger partial charge in [0.25, 0.3) is 0 Å². The zero-order chi connectivity index (χ0) is 11.4. The Hall–Kier alpha value is -1.35. The van der Waals surface area contributed by atoms with Gasteiger partial charge in [-0.3, -0.25) is 4.89 Å². The molecule has 2 rings (SSSR count). The van der Waals surface area contributed by atoms with Crippen LogP contribution in [-0.2, 0) is 9.78 Å². The highest BCUT2D eigenvalue weighted by atomic mass is 17.2. The Bertz CT molecular complexity index is 367. The Balaban J connectivity index is 1.90. The molecule has 0 atom stereocenters. The van der Waals surface area contributed by atoms with Gasteiger partial charge in [-0.05, 0) is 31.4 Å². The molecule has 1 aromatic rings. The van der Waals surface area contributed by atoms with Crippen LogP contribution in [0.25, 0.3) is 0 Å². The summed E-state index contributed by atoms with van der Waals surface area (Å²) in [4.78, 5) is 21.7. The summed E-state index contributed by atoms with van der Waals surface area (Å²) in [5.41, 5.74) is 1.48. The molecule has 86 valence electrons. The molecule has 0 aliphatic heterocycles. The summed E-state index contributed by atoms with van der Waals surface area (Å²) >= 11 is 0. The molecule has 1 aliphatic rings. The summed E-state index contributed by atoms with van der Waals surface area (Å²) < 4.78 is 0. The summed E-state index contributed by atoms with van der Waals surface area (Å²) in [6.07, 6.45) is 4.38. The first kappa shape index (κ1) is 11.1. The van der Waals surface area contributed by atoms with Crippen molar-refractivity contribution in [1.82, 2.24) is 0 Å². The number of aryl methyl sites for hydroxylation is 1. The topological polar surface area (TPSA) is 35.5 Å². The van der Waals surface area contributed by atoms with Crippen LogP contribution in [0.3, 0.4) is 0 Å². The van der Waals surface area contributed by atoms with Crippen LogP contribution in [-0.4, -0.2) is 12.1 Å². The van der Waals surface area contributed by atoms with E-state index in [1.807, 2.05) is 25.1 Å². The molecule has 1 fully saturated rings. The predicted octanol–water partition coefficient (Wildman–Crippen LogP) is 3.03. The highest BCUT2D eigenvalue weighted by Gasteiger charge is 2.19. The Morgan fingerprint density at radius 3 is 2.62 bits per heavy atom. The van der Waals surface area contributed by atoms with Crippen molar-refractivity contribution in [2.24, 2.45) is 0 Å². The van der Waals surface area contributed by atoms with Crippen LogP contribution in [0.1, 0.15) is 41.6 Å². The standard InChI is InChI=1S/C13H16O3/c1-10-6-2-5-9-12(10)13(14)16-15-11-7-3-4-8-11/h2,5-6,9,11H,3-4,7-8H2,1H3. The molecule has 3 nitrogen and oxygen atoms in total. The van der Waals surface area contributed by atoms with Gasteiger partial charge in [-0.2, -0.15) is 4.89 Å². The second-order valence-electron chi connectivity index (χ2n) is 4.19. The van der Waals surface area contributed by atoms with Crippen LogP contribution in [0.5, 0.6) is 0 Å². The van der Waals surface area contributed by atoms with Crippen molar-refractivity contribution in [2.75, 3.05) is 0 Å². The molecular weight excluding hydrogens is 204 g/mol. The van der Waals surface area contributed by atoms with E-state index in [-0.39, 0.29) is 6.10 Å². The number of benzene rings is 1. The van der Waals surface area contributed by atoms with Crippen molar-refractivity contribution in [2.45, 2.75) is 38.7 Å². The molecular formula is C13H16O3. The van der Waals surface area contributed by atoms with E-state index >= 15 is 0 Å². The Labute approximate surface area is 95.3 Å². The largest absolute Gasteiger partial charge is 0.373 e. The van der Waals surface area contributed by atoms with Crippen molar-refractivity contribution >= 4 is 5.97 Å². The molecule has 0 aromatic heterocycles. The molecule has 0 spiro atoms. The first-order chi connectivity index (χ1) is 7.77. The lowest BCUT2D eigenvalue weighted by atomic mass is 10.1. The third kappa shape index (κ3) is 2.61. The molecule has 0 saturated heterocycles. The molecule has 0 radical (unpaired) electrons. The van der Waals surface area contributed by atoms with Gasteiger partial charge < -0.3 is 0 Å². The average Bonchev–Trinajstić information content (AvgIpc) is 2.79. The van der Waals surface area contributed by atoms with Crippen molar-refractivity contribution < 1.29 is 14.6 Å². The number of hydrogen-bond donors (Lipinski definition) is 0. The zero-order valence-electron chi connectivity index (χ0n) is 9.44. The highest BCUT2D eigenvalue weighted by molar-refractivity contribution is 5.90. The fourth-order valence-corrected chi connectivity index (χ4v) is 1.94. The van der Waals surface area contributed by atoms with E-state index < -0.39 is 5.97 Å². The monoisotopic (exact) mass is 220 g/mol. The quantitative estimate of drug-likeness (QED) is 0.580. The number of carbonyl (C=O) groups is 1. The van der Waals surface area contributed by atoms with E-state index in [0.29, 0.717) is 5.56 Å². The highest BCUT2D eigenvalue weighted by Crippen LogP contribution is 2.21. The van der Waals surface area contributed by atoms with E-state index in [2.05, 4.69) is 0 Å². The molecule has 0 unspecified atom stereocenters. The molecule has 0 heterocycles. The molecule has 1 saturated carbocycles. The smallest absolute Gasteiger partial charge is 0.293 e. The van der Waals surface area contributed by atoms with Gasteiger partial charge in [0.1, 0.15) is 6.10 Å². The van der Waals surface area contributed by atoms with Gasteiger partial charge in [-0.25, -0.2) is 4.79 Å². The average molecular weight is 220 g/mol. The maximum atomic E-state index is 11.7. The molecule has 0 amide bonds. The van der Waals surface area contributed by atoms with Gasteiger partial charge in [-0.15, -0.1) is 0 Å². The van der Waals surface area contributed by atoms with Gasteiger partial charge in [-0.1, -0.05) is 31.0 Å². The van der Waals surface area contributed by atoms with Crippen LogP contribution in [0.15, 0.2) is 24.3 Å². The first-order valence-electron chi connectivity index (χ1n) is 5.70. The lowest BCUT2D eigenvalue weighted by Crippen LogP contribution is -2.14. The molecule has 3 heteroatoms. The Morgan fingerprint density at radius 1 is 1.25 bits per heavy atom. The predicted molar refractivity (Wildman–Crippen MR) is 59.9 cm³/mol. The minimum absolute atomic E-state index is 0.0907.